The van der Waals surface area contributed by atoms with E-state index in [9.17, 15) is 4.39 Å². The number of hydrogen-bond acceptors (Lipinski definition) is 2. The van der Waals surface area contributed by atoms with Gasteiger partial charge in [-0.1, -0.05) is 6.07 Å². The van der Waals surface area contributed by atoms with Crippen LogP contribution in [0.5, 0.6) is 5.75 Å². The lowest BCUT2D eigenvalue weighted by Gasteiger charge is -2.30. The molecule has 0 radical (unpaired) electrons. The number of hydrogen-bond donors (Lipinski definition) is 0. The number of rotatable bonds is 7. The SMILES string of the molecule is Cc1ccc(OCC[N+](C)(C)CCN(C)C)c(F)c1. The maximum atomic E-state index is 13.6. The number of ether oxygens (including phenoxy) is 1. The summed E-state index contributed by atoms with van der Waals surface area (Å²) in [6.45, 7) is 5.34. The first-order valence-corrected chi connectivity index (χ1v) is 6.66. The minimum absolute atomic E-state index is 0.279. The van der Waals surface area contributed by atoms with Gasteiger partial charge in [0.15, 0.2) is 11.6 Å². The highest BCUT2D eigenvalue weighted by Crippen LogP contribution is 2.17. The van der Waals surface area contributed by atoms with Crippen molar-refractivity contribution < 1.29 is 13.6 Å². The highest BCUT2D eigenvalue weighted by atomic mass is 19.1. The third-order valence-corrected chi connectivity index (χ3v) is 3.19. The predicted octanol–water partition coefficient (Wildman–Crippen LogP) is 2.15. The van der Waals surface area contributed by atoms with Crippen molar-refractivity contribution in [3.63, 3.8) is 0 Å². The van der Waals surface area contributed by atoms with Gasteiger partial charge in [0, 0.05) is 6.54 Å². The largest absolute Gasteiger partial charge is 0.485 e. The molecular weight excluding hydrogens is 243 g/mol. The average Bonchev–Trinajstić information content (AvgIpc) is 2.29. The standard InChI is InChI=1S/C15H26FN2O/c1-13-6-7-15(14(16)12-13)19-11-10-18(4,5)9-8-17(2)3/h6-7,12H,8-11H2,1-5H3/q+1. The summed E-state index contributed by atoms with van der Waals surface area (Å²) in [5.74, 6) is 0.0665. The van der Waals surface area contributed by atoms with Gasteiger partial charge in [-0.05, 0) is 38.7 Å². The van der Waals surface area contributed by atoms with E-state index in [1.807, 2.05) is 13.0 Å². The Morgan fingerprint density at radius 3 is 2.47 bits per heavy atom. The predicted molar refractivity (Wildman–Crippen MR) is 77.0 cm³/mol. The first-order chi connectivity index (χ1) is 8.80. The van der Waals surface area contributed by atoms with Crippen molar-refractivity contribution in [2.45, 2.75) is 6.92 Å². The lowest BCUT2D eigenvalue weighted by atomic mass is 10.2. The molecule has 4 heteroatoms. The minimum Gasteiger partial charge on any atom is -0.485 e. The zero-order chi connectivity index (χ0) is 14.5. The maximum absolute atomic E-state index is 13.6. The van der Waals surface area contributed by atoms with Gasteiger partial charge >= 0.3 is 0 Å². The second-order valence-electron chi connectivity index (χ2n) is 5.97. The van der Waals surface area contributed by atoms with E-state index in [2.05, 4.69) is 33.1 Å². The van der Waals surface area contributed by atoms with Crippen LogP contribution in [0, 0.1) is 12.7 Å². The third-order valence-electron chi connectivity index (χ3n) is 3.19. The van der Waals surface area contributed by atoms with Crippen LogP contribution in [0.15, 0.2) is 18.2 Å². The summed E-state index contributed by atoms with van der Waals surface area (Å²) in [4.78, 5) is 2.17. The number of aryl methyl sites for hydroxylation is 1. The fourth-order valence-corrected chi connectivity index (χ4v) is 1.71. The van der Waals surface area contributed by atoms with Gasteiger partial charge in [0.1, 0.15) is 13.2 Å². The fraction of sp³-hybridized carbons (Fsp3) is 0.600. The molecule has 1 aromatic rings. The van der Waals surface area contributed by atoms with Crippen molar-refractivity contribution in [3.8, 4) is 5.75 Å². The molecule has 0 aliphatic rings. The zero-order valence-electron chi connectivity index (χ0n) is 12.7. The molecule has 0 aromatic heterocycles. The van der Waals surface area contributed by atoms with E-state index in [1.165, 1.54) is 6.07 Å². The van der Waals surface area contributed by atoms with Gasteiger partial charge < -0.3 is 14.1 Å². The Morgan fingerprint density at radius 2 is 1.89 bits per heavy atom. The average molecular weight is 269 g/mol. The Kier molecular flexibility index (Phi) is 5.76. The number of quaternary nitrogens is 1. The molecule has 0 saturated carbocycles. The van der Waals surface area contributed by atoms with Crippen LogP contribution in [0.1, 0.15) is 5.56 Å². The Balaban J connectivity index is 2.40. The Bertz CT molecular complexity index is 405. The molecule has 1 rings (SSSR count). The Hall–Kier alpha value is -1.13. The molecule has 0 heterocycles. The normalized spacial score (nSPS) is 11.9. The van der Waals surface area contributed by atoms with Gasteiger partial charge in [-0.3, -0.25) is 0 Å². The van der Waals surface area contributed by atoms with E-state index < -0.39 is 0 Å². The lowest BCUT2D eigenvalue weighted by molar-refractivity contribution is -0.889. The van der Waals surface area contributed by atoms with Crippen molar-refractivity contribution in [1.29, 1.82) is 0 Å². The monoisotopic (exact) mass is 269 g/mol. The van der Waals surface area contributed by atoms with Gasteiger partial charge in [-0.2, -0.15) is 0 Å². The second kappa shape index (κ2) is 6.87. The van der Waals surface area contributed by atoms with Crippen LogP contribution in [-0.2, 0) is 0 Å². The van der Waals surface area contributed by atoms with Gasteiger partial charge in [-0.15, -0.1) is 0 Å². The molecule has 1 aromatic carbocycles. The topological polar surface area (TPSA) is 12.5 Å². The molecule has 108 valence electrons. The maximum Gasteiger partial charge on any atom is 0.165 e. The second-order valence-corrected chi connectivity index (χ2v) is 5.97. The van der Waals surface area contributed by atoms with Crippen molar-refractivity contribution in [3.05, 3.63) is 29.6 Å². The van der Waals surface area contributed by atoms with E-state index >= 15 is 0 Å². The van der Waals surface area contributed by atoms with E-state index in [4.69, 9.17) is 4.74 Å². The first kappa shape index (κ1) is 15.9. The molecule has 0 spiro atoms. The van der Waals surface area contributed by atoms with Crippen molar-refractivity contribution in [1.82, 2.24) is 4.90 Å². The molecule has 0 N–H and O–H groups in total. The van der Waals surface area contributed by atoms with Gasteiger partial charge in [0.05, 0.1) is 20.6 Å². The first-order valence-electron chi connectivity index (χ1n) is 6.66. The lowest BCUT2D eigenvalue weighted by Crippen LogP contribution is -2.46. The summed E-state index contributed by atoms with van der Waals surface area (Å²) < 4.78 is 20.0. The molecule has 0 atom stereocenters. The molecule has 0 bridgehead atoms. The number of likely N-dealkylation sites (N-methyl/N-ethyl adjacent to an activating group) is 2. The summed E-state index contributed by atoms with van der Waals surface area (Å²) in [6.07, 6.45) is 0. The van der Waals surface area contributed by atoms with Crippen LogP contribution < -0.4 is 4.74 Å². The summed E-state index contributed by atoms with van der Waals surface area (Å²) >= 11 is 0. The van der Waals surface area contributed by atoms with Crippen LogP contribution in [0.2, 0.25) is 0 Å². The van der Waals surface area contributed by atoms with E-state index in [0.717, 1.165) is 29.7 Å². The van der Waals surface area contributed by atoms with Crippen LogP contribution in [0.3, 0.4) is 0 Å². The molecule has 0 aliphatic carbocycles. The Morgan fingerprint density at radius 1 is 1.21 bits per heavy atom. The molecule has 0 aliphatic heterocycles. The zero-order valence-corrected chi connectivity index (χ0v) is 12.7. The molecule has 0 saturated heterocycles. The number of benzene rings is 1. The summed E-state index contributed by atoms with van der Waals surface area (Å²) in [7, 11) is 8.47. The van der Waals surface area contributed by atoms with Gasteiger partial charge in [0.2, 0.25) is 0 Å². The molecule has 0 amide bonds. The summed E-state index contributed by atoms with van der Waals surface area (Å²) in [6, 6.07) is 5.07. The highest BCUT2D eigenvalue weighted by molar-refractivity contribution is 5.28. The van der Waals surface area contributed by atoms with Crippen LogP contribution in [-0.4, -0.2) is 63.8 Å². The van der Waals surface area contributed by atoms with Crippen molar-refractivity contribution in [2.24, 2.45) is 0 Å². The van der Waals surface area contributed by atoms with Crippen LogP contribution in [0.4, 0.5) is 4.39 Å². The molecule has 3 nitrogen and oxygen atoms in total. The van der Waals surface area contributed by atoms with Crippen molar-refractivity contribution >= 4 is 0 Å². The summed E-state index contributed by atoms with van der Waals surface area (Å²) in [5, 5.41) is 0. The number of halogens is 1. The molecule has 0 unspecified atom stereocenters. The molecular formula is C15H26FN2O+. The van der Waals surface area contributed by atoms with Crippen molar-refractivity contribution in [2.75, 3.05) is 54.4 Å². The van der Waals surface area contributed by atoms with E-state index in [-0.39, 0.29) is 5.82 Å². The molecule has 0 fully saturated rings. The number of nitrogens with zero attached hydrogens (tertiary/aromatic N) is 2. The Labute approximate surface area is 116 Å². The minimum atomic E-state index is -0.279. The van der Waals surface area contributed by atoms with Crippen LogP contribution >= 0.6 is 0 Å². The summed E-state index contributed by atoms with van der Waals surface area (Å²) in [5.41, 5.74) is 0.909. The fourth-order valence-electron chi connectivity index (χ4n) is 1.71. The quantitative estimate of drug-likeness (QED) is 0.703. The molecule has 19 heavy (non-hydrogen) atoms. The smallest absolute Gasteiger partial charge is 0.165 e. The third kappa shape index (κ3) is 6.03. The van der Waals surface area contributed by atoms with E-state index in [0.29, 0.717) is 12.4 Å². The van der Waals surface area contributed by atoms with Crippen LogP contribution in [0.25, 0.3) is 0 Å². The van der Waals surface area contributed by atoms with E-state index in [1.54, 1.807) is 6.07 Å². The van der Waals surface area contributed by atoms with Gasteiger partial charge in [-0.25, -0.2) is 4.39 Å². The van der Waals surface area contributed by atoms with Gasteiger partial charge in [0.25, 0.3) is 0 Å². The highest BCUT2D eigenvalue weighted by Gasteiger charge is 2.15.